The molecule has 0 aromatic carbocycles. The molecule has 4 N–H and O–H groups in total. The van der Waals surface area contributed by atoms with Crippen molar-refractivity contribution in [3.05, 3.63) is 28.9 Å². The van der Waals surface area contributed by atoms with Crippen molar-refractivity contribution in [2.45, 2.75) is 11.4 Å². The van der Waals surface area contributed by atoms with Crippen LogP contribution in [0.5, 0.6) is 0 Å². The van der Waals surface area contributed by atoms with Gasteiger partial charge in [-0.2, -0.15) is 11.8 Å². The van der Waals surface area contributed by atoms with Crippen molar-refractivity contribution >= 4 is 63.3 Å². The van der Waals surface area contributed by atoms with Gasteiger partial charge in [0.15, 0.2) is 5.13 Å². The van der Waals surface area contributed by atoms with Crippen molar-refractivity contribution in [1.82, 2.24) is 15.2 Å². The number of amides is 2. The van der Waals surface area contributed by atoms with Gasteiger partial charge in [0.25, 0.3) is 11.8 Å². The maximum absolute atomic E-state index is 12.7. The van der Waals surface area contributed by atoms with Gasteiger partial charge in [0.2, 0.25) is 0 Å². The van der Waals surface area contributed by atoms with Crippen LogP contribution in [0.15, 0.2) is 23.2 Å². The summed E-state index contributed by atoms with van der Waals surface area (Å²) in [5.74, 6) is -0.914. The van der Waals surface area contributed by atoms with E-state index in [1.807, 2.05) is 6.26 Å². The zero-order chi connectivity index (χ0) is 18.8. The maximum Gasteiger partial charge on any atom is 0.352 e. The number of hydrogen-bond donors (Lipinski definition) is 3. The zero-order valence-corrected chi connectivity index (χ0v) is 16.1. The SMILES string of the molecule is CSC/C=C(\C(=O)NC1C(=O)N2C(C(=O)O)=CCSC12)c1csc(N)n1. The summed E-state index contributed by atoms with van der Waals surface area (Å²) in [4.78, 5) is 41.7. The summed E-state index contributed by atoms with van der Waals surface area (Å²) >= 11 is 4.19. The van der Waals surface area contributed by atoms with E-state index in [1.54, 1.807) is 23.2 Å². The van der Waals surface area contributed by atoms with Gasteiger partial charge in [-0.3, -0.25) is 14.5 Å². The molecule has 8 nitrogen and oxygen atoms in total. The van der Waals surface area contributed by atoms with Crippen molar-refractivity contribution < 1.29 is 19.5 Å². The molecule has 3 rings (SSSR count). The van der Waals surface area contributed by atoms with Gasteiger partial charge >= 0.3 is 5.97 Å². The molecule has 138 valence electrons. The zero-order valence-electron chi connectivity index (χ0n) is 13.7. The number of nitrogens with zero attached hydrogens (tertiary/aromatic N) is 2. The van der Waals surface area contributed by atoms with E-state index in [4.69, 9.17) is 5.73 Å². The Morgan fingerprint density at radius 3 is 2.96 bits per heavy atom. The van der Waals surface area contributed by atoms with Gasteiger partial charge in [-0.25, -0.2) is 9.78 Å². The van der Waals surface area contributed by atoms with Crippen LogP contribution in [0.4, 0.5) is 5.13 Å². The van der Waals surface area contributed by atoms with E-state index in [9.17, 15) is 19.5 Å². The number of thiazole rings is 1. The first kappa shape index (κ1) is 18.8. The van der Waals surface area contributed by atoms with Gasteiger partial charge in [0.1, 0.15) is 17.1 Å². The number of thioether (sulfide) groups is 2. The molecule has 2 atom stereocenters. The van der Waals surface area contributed by atoms with Crippen LogP contribution in [0.1, 0.15) is 5.69 Å². The van der Waals surface area contributed by atoms with E-state index in [1.165, 1.54) is 34.1 Å². The predicted molar refractivity (Wildman–Crippen MR) is 104 cm³/mol. The van der Waals surface area contributed by atoms with Crippen molar-refractivity contribution in [1.29, 1.82) is 0 Å². The third-order valence-corrected chi connectivity index (χ3v) is 6.21. The van der Waals surface area contributed by atoms with E-state index in [0.717, 1.165) is 0 Å². The number of carboxylic acids is 1. The van der Waals surface area contributed by atoms with Crippen LogP contribution in [0.25, 0.3) is 5.57 Å². The summed E-state index contributed by atoms with van der Waals surface area (Å²) in [5.41, 5.74) is 6.44. The lowest BCUT2D eigenvalue weighted by molar-refractivity contribution is -0.150. The summed E-state index contributed by atoms with van der Waals surface area (Å²) in [6.45, 7) is 0. The Morgan fingerprint density at radius 1 is 1.58 bits per heavy atom. The normalized spacial score (nSPS) is 22.3. The van der Waals surface area contributed by atoms with Crippen molar-refractivity contribution in [3.8, 4) is 0 Å². The lowest BCUT2D eigenvalue weighted by Gasteiger charge is -2.48. The molecule has 2 aliphatic heterocycles. The van der Waals surface area contributed by atoms with Crippen molar-refractivity contribution in [2.75, 3.05) is 23.5 Å². The number of anilines is 1. The molecule has 1 fully saturated rings. The number of hydrogen-bond acceptors (Lipinski definition) is 8. The molecule has 3 heterocycles. The van der Waals surface area contributed by atoms with Crippen LogP contribution in [0.3, 0.4) is 0 Å². The number of carbonyl (C=O) groups is 3. The van der Waals surface area contributed by atoms with Crippen LogP contribution in [-0.2, 0) is 14.4 Å². The number of nitrogens with two attached hydrogens (primary N) is 1. The molecule has 1 aromatic rings. The predicted octanol–water partition coefficient (Wildman–Crippen LogP) is 0.840. The summed E-state index contributed by atoms with van der Waals surface area (Å²) in [6.07, 6.45) is 5.15. The second-order valence-electron chi connectivity index (χ2n) is 5.42. The Labute approximate surface area is 161 Å². The minimum atomic E-state index is -1.15. The van der Waals surface area contributed by atoms with E-state index in [2.05, 4.69) is 10.3 Å². The van der Waals surface area contributed by atoms with Crippen LogP contribution < -0.4 is 11.1 Å². The van der Waals surface area contributed by atoms with E-state index >= 15 is 0 Å². The number of aliphatic carboxylic acids is 1. The fraction of sp³-hybridized carbons (Fsp3) is 0.333. The molecule has 1 saturated heterocycles. The summed E-state index contributed by atoms with van der Waals surface area (Å²) in [7, 11) is 0. The van der Waals surface area contributed by atoms with E-state index in [-0.39, 0.29) is 5.70 Å². The first-order valence-corrected chi connectivity index (χ1v) is 10.9. The molecule has 11 heteroatoms. The van der Waals surface area contributed by atoms with Crippen LogP contribution >= 0.6 is 34.9 Å². The molecule has 2 aliphatic rings. The number of β-lactam (4-membered cyclic amide) rings is 1. The van der Waals surface area contributed by atoms with Crippen LogP contribution in [0, 0.1) is 0 Å². The number of rotatable bonds is 6. The summed E-state index contributed by atoms with van der Waals surface area (Å²) in [5, 5.41) is 13.5. The highest BCUT2D eigenvalue weighted by Gasteiger charge is 2.52. The average molecular weight is 413 g/mol. The third kappa shape index (κ3) is 3.46. The Kier molecular flexibility index (Phi) is 5.58. The fourth-order valence-electron chi connectivity index (χ4n) is 2.65. The topological polar surface area (TPSA) is 126 Å². The highest BCUT2D eigenvalue weighted by molar-refractivity contribution is 8.00. The molecule has 0 radical (unpaired) electrons. The fourth-order valence-corrected chi connectivity index (χ4v) is 4.74. The number of aromatic nitrogens is 1. The van der Waals surface area contributed by atoms with Gasteiger partial charge < -0.3 is 16.2 Å². The number of carbonyl (C=O) groups excluding carboxylic acids is 2. The molecule has 0 saturated carbocycles. The highest BCUT2D eigenvalue weighted by Crippen LogP contribution is 2.37. The van der Waals surface area contributed by atoms with Gasteiger partial charge in [-0.05, 0) is 12.3 Å². The lowest BCUT2D eigenvalue weighted by Crippen LogP contribution is -2.70. The second kappa shape index (κ2) is 7.72. The minimum absolute atomic E-state index is 0.0327. The van der Waals surface area contributed by atoms with Crippen LogP contribution in [0.2, 0.25) is 0 Å². The Balaban J connectivity index is 1.76. The molecule has 2 amide bonds. The molecule has 0 aliphatic carbocycles. The number of nitrogens with one attached hydrogen (secondary N) is 1. The maximum atomic E-state index is 12.7. The van der Waals surface area contributed by atoms with Crippen molar-refractivity contribution in [2.24, 2.45) is 0 Å². The number of fused-ring (bicyclic) bond motifs is 1. The monoisotopic (exact) mass is 412 g/mol. The molecule has 0 bridgehead atoms. The molecule has 0 spiro atoms. The number of carboxylic acid groups (broad SMARTS) is 1. The Hall–Kier alpha value is -1.98. The van der Waals surface area contributed by atoms with Crippen LogP contribution in [-0.4, -0.2) is 62.0 Å². The molecular weight excluding hydrogens is 396 g/mol. The van der Waals surface area contributed by atoms with Gasteiger partial charge in [-0.1, -0.05) is 6.08 Å². The standard InChI is InChI=1S/C15H16N4O4S3/c1-24-4-2-7(8-6-26-15(16)17-8)11(20)18-10-12(21)19-9(14(22)23)3-5-25-13(10)19/h2-3,6,10,13H,4-5H2,1H3,(H2,16,17)(H,18,20)(H,22,23)/b7-2-. The highest BCUT2D eigenvalue weighted by atomic mass is 32.2. The molecule has 1 aromatic heterocycles. The number of nitrogen functional groups attached to an aromatic ring is 1. The molecule has 26 heavy (non-hydrogen) atoms. The van der Waals surface area contributed by atoms with Gasteiger partial charge in [0, 0.05) is 16.9 Å². The quantitative estimate of drug-likeness (QED) is 0.464. The van der Waals surface area contributed by atoms with Gasteiger partial charge in [0.05, 0.1) is 11.3 Å². The third-order valence-electron chi connectivity index (χ3n) is 3.85. The molecule has 2 unspecified atom stereocenters. The Morgan fingerprint density at radius 2 is 2.35 bits per heavy atom. The smallest absolute Gasteiger partial charge is 0.352 e. The second-order valence-corrected chi connectivity index (χ2v) is 8.37. The van der Waals surface area contributed by atoms with E-state index in [0.29, 0.717) is 27.9 Å². The Bertz CT molecular complexity index is 820. The first-order chi connectivity index (χ1) is 12.4. The average Bonchev–Trinajstić information content (AvgIpc) is 3.05. The minimum Gasteiger partial charge on any atom is -0.477 e. The van der Waals surface area contributed by atoms with Gasteiger partial charge in [-0.15, -0.1) is 23.1 Å². The largest absolute Gasteiger partial charge is 0.477 e. The first-order valence-electron chi connectivity index (χ1n) is 7.53. The molecular formula is C15H16N4O4S3. The van der Waals surface area contributed by atoms with Crippen molar-refractivity contribution in [3.63, 3.8) is 0 Å². The summed E-state index contributed by atoms with van der Waals surface area (Å²) < 4.78 is 0. The summed E-state index contributed by atoms with van der Waals surface area (Å²) in [6, 6.07) is -0.760. The lowest BCUT2D eigenvalue weighted by atomic mass is 10.0. The van der Waals surface area contributed by atoms with E-state index < -0.39 is 29.2 Å².